The summed E-state index contributed by atoms with van der Waals surface area (Å²) in [5, 5.41) is 19.3. The number of aromatic nitrogens is 3. The molecule has 1 heterocycles. The van der Waals surface area contributed by atoms with Crippen molar-refractivity contribution in [3.63, 3.8) is 0 Å². The maximum Gasteiger partial charge on any atom is 0.335 e. The van der Waals surface area contributed by atoms with Gasteiger partial charge >= 0.3 is 5.97 Å². The third kappa shape index (κ3) is 5.12. The van der Waals surface area contributed by atoms with Crippen molar-refractivity contribution in [2.24, 2.45) is 5.73 Å². The summed E-state index contributed by atoms with van der Waals surface area (Å²) in [5.41, 5.74) is 10.5. The molecule has 0 amide bonds. The van der Waals surface area contributed by atoms with Gasteiger partial charge in [-0.15, -0.1) is 5.10 Å². The summed E-state index contributed by atoms with van der Waals surface area (Å²) >= 11 is 19.6. The Labute approximate surface area is 235 Å². The number of carboxylic acids is 1. The first-order valence-electron chi connectivity index (χ1n) is 12.1. The zero-order valence-electron chi connectivity index (χ0n) is 20.6. The lowest BCUT2D eigenvalue weighted by molar-refractivity contribution is 0.0696. The molecule has 3 atom stereocenters. The van der Waals surface area contributed by atoms with Crippen molar-refractivity contribution >= 4 is 40.8 Å². The van der Waals surface area contributed by atoms with E-state index < -0.39 is 12.2 Å². The Balaban J connectivity index is 1.39. The van der Waals surface area contributed by atoms with Crippen LogP contribution in [0.15, 0.2) is 60.7 Å². The third-order valence-electron chi connectivity index (χ3n) is 6.68. The maximum absolute atomic E-state index is 11.3. The smallest absolute Gasteiger partial charge is 0.335 e. The van der Waals surface area contributed by atoms with Crippen LogP contribution in [-0.4, -0.2) is 26.1 Å². The molecule has 0 radical (unpaired) electrons. The first-order chi connectivity index (χ1) is 18.2. The molecule has 5 rings (SSSR count). The van der Waals surface area contributed by atoms with Crippen molar-refractivity contribution < 1.29 is 14.6 Å². The van der Waals surface area contributed by atoms with E-state index >= 15 is 0 Å². The van der Waals surface area contributed by atoms with E-state index in [9.17, 15) is 9.90 Å². The van der Waals surface area contributed by atoms with Gasteiger partial charge in [0.2, 0.25) is 0 Å². The molecule has 10 heteroatoms. The van der Waals surface area contributed by atoms with Crippen LogP contribution in [-0.2, 0) is 0 Å². The summed E-state index contributed by atoms with van der Waals surface area (Å²) in [4.78, 5) is 11.3. The predicted molar refractivity (Wildman–Crippen MR) is 148 cm³/mol. The molecule has 3 aromatic carbocycles. The molecule has 196 valence electrons. The Morgan fingerprint density at radius 3 is 2.39 bits per heavy atom. The molecule has 0 aliphatic heterocycles. The number of para-hydroxylation sites is 1. The molecule has 0 bridgehead atoms. The zero-order valence-corrected chi connectivity index (χ0v) is 22.9. The highest BCUT2D eigenvalue weighted by molar-refractivity contribution is 6.37. The maximum atomic E-state index is 11.3. The lowest BCUT2D eigenvalue weighted by Gasteiger charge is -2.19. The normalized spacial score (nSPS) is 17.4. The van der Waals surface area contributed by atoms with Crippen molar-refractivity contribution in [2.75, 3.05) is 0 Å². The van der Waals surface area contributed by atoms with Gasteiger partial charge in [0, 0.05) is 5.02 Å². The van der Waals surface area contributed by atoms with E-state index in [4.69, 9.17) is 45.3 Å². The number of hydrogen-bond donors (Lipinski definition) is 2. The molecule has 3 N–H and O–H groups in total. The largest absolute Gasteiger partial charge is 0.478 e. The minimum atomic E-state index is -0.936. The molecule has 4 aromatic rings. The Morgan fingerprint density at radius 1 is 1.03 bits per heavy atom. The number of rotatable bonds is 8. The van der Waals surface area contributed by atoms with Crippen LogP contribution in [0.4, 0.5) is 0 Å². The average Bonchev–Trinajstić information content (AvgIpc) is 3.54. The molecular weight excluding hydrogens is 547 g/mol. The van der Waals surface area contributed by atoms with E-state index in [0.29, 0.717) is 37.9 Å². The predicted octanol–water partition coefficient (Wildman–Crippen LogP) is 7.36. The van der Waals surface area contributed by atoms with Crippen LogP contribution in [0.1, 0.15) is 77.1 Å². The Bertz CT molecular complexity index is 1500. The number of carbonyl (C=O) groups is 1. The first kappa shape index (κ1) is 26.5. The topological polar surface area (TPSA) is 103 Å². The second kappa shape index (κ2) is 10.6. The number of nitrogens with two attached hydrogens (primary N) is 1. The van der Waals surface area contributed by atoms with Crippen LogP contribution < -0.4 is 10.5 Å². The summed E-state index contributed by atoms with van der Waals surface area (Å²) in [5.74, 6) is -0.00461. The molecule has 0 spiro atoms. The molecule has 3 unspecified atom stereocenters. The van der Waals surface area contributed by atoms with Crippen LogP contribution in [0.2, 0.25) is 15.1 Å². The summed E-state index contributed by atoms with van der Waals surface area (Å²) in [7, 11) is 0. The minimum absolute atomic E-state index is 0.0204. The highest BCUT2D eigenvalue weighted by atomic mass is 35.5. The number of aromatic carboxylic acids is 1. The number of benzene rings is 3. The van der Waals surface area contributed by atoms with Crippen molar-refractivity contribution in [1.82, 2.24) is 15.0 Å². The SMILES string of the molecule is CC(C)c1nnn(-c2c(Cl)cccc2Cl)c1C(N)Oc1ccc(C2CC2c2cccc(C(=O)O)c2)c(Cl)c1. The summed E-state index contributed by atoms with van der Waals surface area (Å²) < 4.78 is 7.65. The van der Waals surface area contributed by atoms with Gasteiger partial charge in [-0.1, -0.05) is 78.1 Å². The van der Waals surface area contributed by atoms with Crippen molar-refractivity contribution in [2.45, 2.75) is 44.2 Å². The molecule has 1 saturated carbocycles. The second-order valence-electron chi connectivity index (χ2n) is 9.60. The van der Waals surface area contributed by atoms with Gasteiger partial charge < -0.3 is 9.84 Å². The van der Waals surface area contributed by atoms with E-state index in [1.807, 2.05) is 32.0 Å². The first-order valence-corrected chi connectivity index (χ1v) is 13.2. The van der Waals surface area contributed by atoms with Crippen LogP contribution >= 0.6 is 34.8 Å². The van der Waals surface area contributed by atoms with Gasteiger partial charge in [0.05, 0.1) is 21.3 Å². The van der Waals surface area contributed by atoms with E-state index in [0.717, 1.165) is 17.5 Å². The van der Waals surface area contributed by atoms with Gasteiger partial charge in [-0.3, -0.25) is 5.73 Å². The lowest BCUT2D eigenvalue weighted by Crippen LogP contribution is -2.23. The fraction of sp³-hybridized carbons (Fsp3) is 0.250. The second-order valence-corrected chi connectivity index (χ2v) is 10.8. The fourth-order valence-corrected chi connectivity index (χ4v) is 5.60. The number of carboxylic acid groups (broad SMARTS) is 1. The Kier molecular flexibility index (Phi) is 7.38. The van der Waals surface area contributed by atoms with Gasteiger partial charge in [0.1, 0.15) is 17.1 Å². The van der Waals surface area contributed by atoms with Crippen LogP contribution in [0.5, 0.6) is 5.75 Å². The number of nitrogens with zero attached hydrogens (tertiary/aromatic N) is 3. The Hall–Kier alpha value is -3.10. The summed E-state index contributed by atoms with van der Waals surface area (Å²) in [6, 6.07) is 17.7. The van der Waals surface area contributed by atoms with Crippen molar-refractivity contribution in [1.29, 1.82) is 0 Å². The minimum Gasteiger partial charge on any atom is -0.478 e. The van der Waals surface area contributed by atoms with Crippen LogP contribution in [0.25, 0.3) is 5.69 Å². The third-order valence-corrected chi connectivity index (χ3v) is 7.62. The molecule has 1 aromatic heterocycles. The lowest BCUT2D eigenvalue weighted by atomic mass is 10.0. The van der Waals surface area contributed by atoms with Crippen molar-refractivity contribution in [3.05, 3.63) is 104 Å². The molecule has 1 fully saturated rings. The van der Waals surface area contributed by atoms with Crippen molar-refractivity contribution in [3.8, 4) is 11.4 Å². The molecule has 7 nitrogen and oxygen atoms in total. The highest BCUT2D eigenvalue weighted by Gasteiger charge is 2.41. The van der Waals surface area contributed by atoms with Gasteiger partial charge in [-0.2, -0.15) is 0 Å². The van der Waals surface area contributed by atoms with E-state index in [2.05, 4.69) is 10.3 Å². The van der Waals surface area contributed by atoms with Gasteiger partial charge in [-0.05, 0) is 71.7 Å². The monoisotopic (exact) mass is 570 g/mol. The van der Waals surface area contributed by atoms with Gasteiger partial charge in [-0.25, -0.2) is 9.48 Å². The van der Waals surface area contributed by atoms with E-state index in [1.165, 1.54) is 4.68 Å². The highest BCUT2D eigenvalue weighted by Crippen LogP contribution is 2.56. The zero-order chi connectivity index (χ0) is 27.1. The number of halogens is 3. The van der Waals surface area contributed by atoms with Crippen LogP contribution in [0.3, 0.4) is 0 Å². The molecule has 38 heavy (non-hydrogen) atoms. The fourth-order valence-electron chi connectivity index (χ4n) is 4.73. The molecule has 0 saturated heterocycles. The van der Waals surface area contributed by atoms with E-state index in [1.54, 1.807) is 42.5 Å². The number of ether oxygens (including phenoxy) is 1. The summed E-state index contributed by atoms with van der Waals surface area (Å²) in [6.07, 6.45) is -0.0342. The van der Waals surface area contributed by atoms with Gasteiger partial charge in [0.15, 0.2) is 6.23 Å². The Morgan fingerprint density at radius 2 is 1.74 bits per heavy atom. The molecule has 1 aliphatic carbocycles. The molecular formula is C28H25Cl3N4O3. The summed E-state index contributed by atoms with van der Waals surface area (Å²) in [6.45, 7) is 3.98. The average molecular weight is 572 g/mol. The van der Waals surface area contributed by atoms with Gasteiger partial charge in [0.25, 0.3) is 0 Å². The quantitative estimate of drug-likeness (QED) is 0.214. The molecule has 1 aliphatic rings. The number of hydrogen-bond acceptors (Lipinski definition) is 5. The van der Waals surface area contributed by atoms with E-state index in [-0.39, 0.29) is 23.3 Å². The standard InChI is InChI=1S/C28H25Cl3N4O3/c1-14(2)24-26(35(34-33-24)25-21(29)7-4-8-22(25)30)27(32)38-17-9-10-18(23(31)12-17)20-13-19(20)15-5-3-6-16(11-15)28(36)37/h3-12,14,19-20,27H,13,32H2,1-2H3,(H,36,37). The van der Waals surface area contributed by atoms with Crippen LogP contribution in [0, 0.1) is 0 Å².